The lowest BCUT2D eigenvalue weighted by atomic mass is 10.1. The molecule has 0 saturated carbocycles. The van der Waals surface area contributed by atoms with E-state index in [0.717, 1.165) is 0 Å². The molecule has 0 bridgehead atoms. The minimum Gasteiger partial charge on any atom is -0.496 e. The monoisotopic (exact) mass is 251 g/mol. The van der Waals surface area contributed by atoms with E-state index in [1.165, 1.54) is 7.11 Å². The second kappa shape index (κ2) is 6.26. The van der Waals surface area contributed by atoms with Crippen molar-refractivity contribution in [2.24, 2.45) is 0 Å². The van der Waals surface area contributed by atoms with E-state index in [2.05, 4.69) is 5.32 Å². The summed E-state index contributed by atoms with van der Waals surface area (Å²) in [7, 11) is 5.47. The normalized spacial score (nSPS) is 12.3. The number of carbonyl (C=O) groups excluding carboxylic acids is 1. The summed E-state index contributed by atoms with van der Waals surface area (Å²) in [5.41, 5.74) is 6.69. The molecule has 0 aromatic heterocycles. The van der Waals surface area contributed by atoms with E-state index >= 15 is 0 Å². The Bertz CT molecular complexity index is 419. The first-order valence-corrected chi connectivity index (χ1v) is 5.83. The van der Waals surface area contributed by atoms with Crippen molar-refractivity contribution in [3.8, 4) is 5.75 Å². The number of nitrogens with one attached hydrogen (secondary N) is 1. The first kappa shape index (κ1) is 14.3. The largest absolute Gasteiger partial charge is 0.496 e. The van der Waals surface area contributed by atoms with Gasteiger partial charge in [0, 0.05) is 18.3 Å². The average Bonchev–Trinajstić information content (AvgIpc) is 2.35. The number of likely N-dealkylation sites (N-methyl/N-ethyl adjacent to an activating group) is 1. The Labute approximate surface area is 108 Å². The molecule has 5 heteroatoms. The number of anilines is 1. The number of amides is 1. The minimum atomic E-state index is -0.173. The van der Waals surface area contributed by atoms with E-state index in [-0.39, 0.29) is 11.9 Å². The van der Waals surface area contributed by atoms with Crippen molar-refractivity contribution in [1.29, 1.82) is 0 Å². The third-order valence-corrected chi connectivity index (χ3v) is 2.91. The summed E-state index contributed by atoms with van der Waals surface area (Å²) in [6, 6.07) is 5.28. The second-order valence-electron chi connectivity index (χ2n) is 4.48. The molecule has 1 aromatic rings. The lowest BCUT2D eigenvalue weighted by Crippen LogP contribution is -2.38. The molecular weight excluding hydrogens is 230 g/mol. The van der Waals surface area contributed by atoms with Gasteiger partial charge in [-0.15, -0.1) is 0 Å². The van der Waals surface area contributed by atoms with Crippen molar-refractivity contribution in [1.82, 2.24) is 10.2 Å². The number of rotatable bonds is 5. The van der Waals surface area contributed by atoms with Crippen LogP contribution in [0.4, 0.5) is 5.69 Å². The van der Waals surface area contributed by atoms with Crippen LogP contribution in [0.3, 0.4) is 0 Å². The summed E-state index contributed by atoms with van der Waals surface area (Å²) in [5.74, 6) is 0.354. The molecule has 3 N–H and O–H groups in total. The van der Waals surface area contributed by atoms with Gasteiger partial charge in [0.2, 0.25) is 0 Å². The van der Waals surface area contributed by atoms with Crippen LogP contribution in [0.1, 0.15) is 17.3 Å². The lowest BCUT2D eigenvalue weighted by molar-refractivity contribution is 0.0940. The van der Waals surface area contributed by atoms with E-state index in [1.54, 1.807) is 18.2 Å². The van der Waals surface area contributed by atoms with Crippen LogP contribution < -0.4 is 15.8 Å². The summed E-state index contributed by atoms with van der Waals surface area (Å²) in [4.78, 5) is 14.1. The topological polar surface area (TPSA) is 67.6 Å². The van der Waals surface area contributed by atoms with Gasteiger partial charge in [-0.3, -0.25) is 4.79 Å². The number of hydrogen-bond donors (Lipinski definition) is 2. The Hall–Kier alpha value is -1.75. The van der Waals surface area contributed by atoms with Gasteiger partial charge in [-0.25, -0.2) is 0 Å². The fourth-order valence-corrected chi connectivity index (χ4v) is 1.42. The van der Waals surface area contributed by atoms with Crippen LogP contribution >= 0.6 is 0 Å². The fraction of sp³-hybridized carbons (Fsp3) is 0.462. The van der Waals surface area contributed by atoms with Crippen LogP contribution in [-0.4, -0.2) is 44.6 Å². The van der Waals surface area contributed by atoms with Crippen molar-refractivity contribution in [3.05, 3.63) is 23.8 Å². The van der Waals surface area contributed by atoms with Gasteiger partial charge in [0.25, 0.3) is 5.91 Å². The molecule has 1 atom stereocenters. The maximum absolute atomic E-state index is 12.0. The third-order valence-electron chi connectivity index (χ3n) is 2.91. The van der Waals surface area contributed by atoms with Crippen molar-refractivity contribution >= 4 is 11.6 Å². The molecule has 0 aliphatic heterocycles. The molecular formula is C13H21N3O2. The highest BCUT2D eigenvalue weighted by Gasteiger charge is 2.14. The lowest BCUT2D eigenvalue weighted by Gasteiger charge is -2.20. The first-order valence-electron chi connectivity index (χ1n) is 5.83. The van der Waals surface area contributed by atoms with Crippen molar-refractivity contribution in [2.75, 3.05) is 33.5 Å². The van der Waals surface area contributed by atoms with E-state index in [1.807, 2.05) is 25.9 Å². The highest BCUT2D eigenvalue weighted by Crippen LogP contribution is 2.20. The molecule has 0 aliphatic carbocycles. The van der Waals surface area contributed by atoms with Gasteiger partial charge in [-0.05, 0) is 39.2 Å². The molecule has 5 nitrogen and oxygen atoms in total. The fourth-order valence-electron chi connectivity index (χ4n) is 1.42. The number of methoxy groups -OCH3 is 1. The molecule has 1 rings (SSSR count). The Balaban J connectivity index is 2.75. The summed E-state index contributed by atoms with van der Waals surface area (Å²) in [6.07, 6.45) is 0. The van der Waals surface area contributed by atoms with Crippen molar-refractivity contribution < 1.29 is 9.53 Å². The molecule has 0 fully saturated rings. The Kier molecular flexibility index (Phi) is 4.97. The van der Waals surface area contributed by atoms with Crippen LogP contribution in [0.5, 0.6) is 5.75 Å². The number of hydrogen-bond acceptors (Lipinski definition) is 4. The van der Waals surface area contributed by atoms with Crippen LogP contribution in [0, 0.1) is 0 Å². The van der Waals surface area contributed by atoms with Gasteiger partial charge in [-0.1, -0.05) is 0 Å². The number of nitrogen functional groups attached to an aromatic ring is 1. The molecule has 0 aliphatic rings. The molecule has 18 heavy (non-hydrogen) atoms. The van der Waals surface area contributed by atoms with Gasteiger partial charge in [0.05, 0.1) is 12.7 Å². The zero-order chi connectivity index (χ0) is 13.7. The van der Waals surface area contributed by atoms with Crippen molar-refractivity contribution in [2.45, 2.75) is 13.0 Å². The number of carbonyl (C=O) groups is 1. The summed E-state index contributed by atoms with van der Waals surface area (Å²) in [6.45, 7) is 2.61. The van der Waals surface area contributed by atoms with Gasteiger partial charge in [-0.2, -0.15) is 0 Å². The molecule has 1 amide bonds. The highest BCUT2D eigenvalue weighted by atomic mass is 16.5. The van der Waals surface area contributed by atoms with E-state index in [4.69, 9.17) is 10.5 Å². The molecule has 0 heterocycles. The predicted molar refractivity (Wildman–Crippen MR) is 72.9 cm³/mol. The smallest absolute Gasteiger partial charge is 0.255 e. The van der Waals surface area contributed by atoms with Crippen LogP contribution in [0.15, 0.2) is 18.2 Å². The molecule has 0 saturated heterocycles. The Morgan fingerprint density at radius 2 is 2.17 bits per heavy atom. The van der Waals surface area contributed by atoms with Crippen LogP contribution in [0.25, 0.3) is 0 Å². The summed E-state index contributed by atoms with van der Waals surface area (Å²) < 4.78 is 5.15. The SMILES string of the molecule is COc1ccc(N)cc1C(=O)NCC(C)N(C)C. The molecule has 0 spiro atoms. The molecule has 0 radical (unpaired) electrons. The number of nitrogens with two attached hydrogens (primary N) is 1. The quantitative estimate of drug-likeness (QED) is 0.765. The van der Waals surface area contributed by atoms with Gasteiger partial charge < -0.3 is 20.7 Å². The zero-order valence-electron chi connectivity index (χ0n) is 11.4. The third kappa shape index (κ3) is 3.63. The second-order valence-corrected chi connectivity index (χ2v) is 4.48. The van der Waals surface area contributed by atoms with E-state index < -0.39 is 0 Å². The number of benzene rings is 1. The maximum atomic E-state index is 12.0. The average molecular weight is 251 g/mol. The van der Waals surface area contributed by atoms with Crippen molar-refractivity contribution in [3.63, 3.8) is 0 Å². The number of ether oxygens (including phenoxy) is 1. The minimum absolute atomic E-state index is 0.173. The predicted octanol–water partition coefficient (Wildman–Crippen LogP) is 0.957. The highest BCUT2D eigenvalue weighted by molar-refractivity contribution is 5.97. The standard InChI is InChI=1S/C13H21N3O2/c1-9(16(2)3)8-15-13(17)11-7-10(14)5-6-12(11)18-4/h5-7,9H,8,14H2,1-4H3,(H,15,17). The van der Waals surface area contributed by atoms with Crippen LogP contribution in [0.2, 0.25) is 0 Å². The Morgan fingerprint density at radius 3 is 2.72 bits per heavy atom. The van der Waals surface area contributed by atoms with Gasteiger partial charge >= 0.3 is 0 Å². The number of nitrogens with zero attached hydrogens (tertiary/aromatic N) is 1. The summed E-state index contributed by atoms with van der Waals surface area (Å²) in [5, 5.41) is 2.87. The zero-order valence-corrected chi connectivity index (χ0v) is 11.4. The molecule has 1 aromatic carbocycles. The van der Waals surface area contributed by atoms with E-state index in [0.29, 0.717) is 23.5 Å². The van der Waals surface area contributed by atoms with Gasteiger partial charge in [0.1, 0.15) is 5.75 Å². The Morgan fingerprint density at radius 1 is 1.50 bits per heavy atom. The summed E-state index contributed by atoms with van der Waals surface area (Å²) >= 11 is 0. The molecule has 100 valence electrons. The first-order chi connectivity index (χ1) is 8.45. The van der Waals surface area contributed by atoms with Crippen LogP contribution in [-0.2, 0) is 0 Å². The van der Waals surface area contributed by atoms with Gasteiger partial charge in [0.15, 0.2) is 0 Å². The van der Waals surface area contributed by atoms with E-state index in [9.17, 15) is 4.79 Å². The maximum Gasteiger partial charge on any atom is 0.255 e. The molecule has 1 unspecified atom stereocenters.